The van der Waals surface area contributed by atoms with Gasteiger partial charge in [0.05, 0.1) is 0 Å². The number of rotatable bonds is 8. The Kier molecular flexibility index (Phi) is 6.08. The smallest absolute Gasteiger partial charge is 0.138 e. The van der Waals surface area contributed by atoms with E-state index in [-0.39, 0.29) is 0 Å². The molecule has 1 N–H and O–H groups in total. The summed E-state index contributed by atoms with van der Waals surface area (Å²) in [6.07, 6.45) is 7.61. The third kappa shape index (κ3) is 3.93. The second-order valence-electron chi connectivity index (χ2n) is 4.16. The molecule has 16 heavy (non-hydrogen) atoms. The van der Waals surface area contributed by atoms with Crippen molar-refractivity contribution in [1.82, 2.24) is 20.1 Å². The molecular weight excluding hydrogens is 200 g/mol. The van der Waals surface area contributed by atoms with Gasteiger partial charge in [-0.05, 0) is 33.2 Å². The lowest BCUT2D eigenvalue weighted by atomic mass is 10.1. The zero-order valence-electron chi connectivity index (χ0n) is 10.7. The second kappa shape index (κ2) is 7.39. The first kappa shape index (κ1) is 13.2. The number of nitrogens with one attached hydrogen (secondary N) is 1. The van der Waals surface area contributed by atoms with Gasteiger partial charge in [-0.25, -0.2) is 4.98 Å². The van der Waals surface area contributed by atoms with Crippen molar-refractivity contribution in [2.24, 2.45) is 0 Å². The van der Waals surface area contributed by atoms with E-state index in [1.54, 1.807) is 6.33 Å². The van der Waals surface area contributed by atoms with Gasteiger partial charge in [0.15, 0.2) is 0 Å². The number of aryl methyl sites for hydroxylation is 2. The summed E-state index contributed by atoms with van der Waals surface area (Å²) in [5.74, 6) is 1.12. The predicted molar refractivity (Wildman–Crippen MR) is 66.4 cm³/mol. The molecule has 0 saturated heterocycles. The molecule has 1 aromatic rings. The molecule has 0 radical (unpaired) electrons. The fraction of sp³-hybridized carbons (Fsp3) is 0.833. The highest BCUT2D eigenvalue weighted by molar-refractivity contribution is 4.84. The fourth-order valence-corrected chi connectivity index (χ4v) is 2.03. The van der Waals surface area contributed by atoms with Gasteiger partial charge in [-0.1, -0.05) is 13.3 Å². The maximum absolute atomic E-state index is 4.29. The lowest BCUT2D eigenvalue weighted by Crippen LogP contribution is -2.24. The molecule has 0 aliphatic rings. The zero-order chi connectivity index (χ0) is 11.8. The molecule has 1 unspecified atom stereocenters. The van der Waals surface area contributed by atoms with Crippen molar-refractivity contribution in [3.05, 3.63) is 12.2 Å². The third-order valence-corrected chi connectivity index (χ3v) is 2.99. The van der Waals surface area contributed by atoms with Crippen LogP contribution in [-0.4, -0.2) is 27.9 Å². The van der Waals surface area contributed by atoms with Crippen molar-refractivity contribution in [1.29, 1.82) is 0 Å². The molecule has 1 rings (SSSR count). The molecule has 0 aromatic carbocycles. The third-order valence-electron chi connectivity index (χ3n) is 2.99. The summed E-state index contributed by atoms with van der Waals surface area (Å²) < 4.78 is 1.98. The Bertz CT molecular complexity index is 282. The number of aromatic nitrogens is 3. The average molecular weight is 224 g/mol. The minimum Gasteiger partial charge on any atom is -0.317 e. The Balaban J connectivity index is 2.29. The summed E-state index contributed by atoms with van der Waals surface area (Å²) in [6, 6.07) is 0.656. The predicted octanol–water partition coefficient (Wildman–Crippen LogP) is 2.01. The maximum Gasteiger partial charge on any atom is 0.138 e. The summed E-state index contributed by atoms with van der Waals surface area (Å²) >= 11 is 0. The van der Waals surface area contributed by atoms with E-state index in [1.165, 1.54) is 25.7 Å². The minimum atomic E-state index is 0.656. The van der Waals surface area contributed by atoms with Crippen LogP contribution in [0.15, 0.2) is 6.33 Å². The molecule has 1 heterocycles. The van der Waals surface area contributed by atoms with E-state index in [0.29, 0.717) is 6.04 Å². The largest absolute Gasteiger partial charge is 0.317 e. The maximum atomic E-state index is 4.29. The van der Waals surface area contributed by atoms with E-state index in [4.69, 9.17) is 0 Å². The van der Waals surface area contributed by atoms with Crippen LogP contribution in [0, 0.1) is 0 Å². The molecule has 4 heteroatoms. The van der Waals surface area contributed by atoms with Gasteiger partial charge in [0, 0.05) is 19.0 Å². The highest BCUT2D eigenvalue weighted by Crippen LogP contribution is 2.07. The Hall–Kier alpha value is -0.900. The molecule has 4 nitrogen and oxygen atoms in total. The second-order valence-corrected chi connectivity index (χ2v) is 4.16. The van der Waals surface area contributed by atoms with Gasteiger partial charge in [-0.3, -0.25) is 4.68 Å². The van der Waals surface area contributed by atoms with Crippen molar-refractivity contribution in [2.45, 2.75) is 58.5 Å². The van der Waals surface area contributed by atoms with Gasteiger partial charge in [-0.15, -0.1) is 0 Å². The molecule has 92 valence electrons. The Morgan fingerprint density at radius 3 is 2.81 bits per heavy atom. The minimum absolute atomic E-state index is 0.656. The standard InChI is InChI=1S/C12H24N4/c1-4-7-11(13-3)8-6-9-12-14-10-15-16(12)5-2/h10-11,13H,4-9H2,1-3H3. The van der Waals surface area contributed by atoms with Crippen molar-refractivity contribution in [3.63, 3.8) is 0 Å². The molecule has 0 bridgehead atoms. The van der Waals surface area contributed by atoms with Crippen molar-refractivity contribution >= 4 is 0 Å². The summed E-state index contributed by atoms with van der Waals surface area (Å²) in [7, 11) is 2.05. The van der Waals surface area contributed by atoms with Gasteiger partial charge < -0.3 is 5.32 Å². The quantitative estimate of drug-likeness (QED) is 0.734. The van der Waals surface area contributed by atoms with Crippen LogP contribution < -0.4 is 5.32 Å². The topological polar surface area (TPSA) is 42.7 Å². The van der Waals surface area contributed by atoms with Crippen LogP contribution in [0.2, 0.25) is 0 Å². The van der Waals surface area contributed by atoms with Gasteiger partial charge in [0.2, 0.25) is 0 Å². The lowest BCUT2D eigenvalue weighted by Gasteiger charge is -2.14. The number of nitrogens with zero attached hydrogens (tertiary/aromatic N) is 3. The van der Waals surface area contributed by atoms with Gasteiger partial charge in [0.25, 0.3) is 0 Å². The van der Waals surface area contributed by atoms with Crippen molar-refractivity contribution in [2.75, 3.05) is 7.05 Å². The van der Waals surface area contributed by atoms with Gasteiger partial charge >= 0.3 is 0 Å². The first-order valence-electron chi connectivity index (χ1n) is 6.35. The molecule has 0 saturated carbocycles. The van der Waals surface area contributed by atoms with E-state index in [0.717, 1.165) is 18.8 Å². The molecule has 0 spiro atoms. The molecule has 0 aliphatic carbocycles. The molecular formula is C12H24N4. The highest BCUT2D eigenvalue weighted by Gasteiger charge is 2.06. The van der Waals surface area contributed by atoms with Gasteiger partial charge in [-0.2, -0.15) is 5.10 Å². The monoisotopic (exact) mass is 224 g/mol. The summed E-state index contributed by atoms with van der Waals surface area (Å²) in [6.45, 7) is 5.25. The van der Waals surface area contributed by atoms with Crippen LogP contribution in [-0.2, 0) is 13.0 Å². The van der Waals surface area contributed by atoms with E-state index in [9.17, 15) is 0 Å². The Labute approximate surface area is 98.5 Å². The fourth-order valence-electron chi connectivity index (χ4n) is 2.03. The van der Waals surface area contributed by atoms with Crippen molar-refractivity contribution < 1.29 is 0 Å². The van der Waals surface area contributed by atoms with E-state index in [2.05, 4.69) is 36.3 Å². The summed E-state index contributed by atoms with van der Waals surface area (Å²) in [4.78, 5) is 4.29. The van der Waals surface area contributed by atoms with E-state index < -0.39 is 0 Å². The number of hydrogen-bond acceptors (Lipinski definition) is 3. The number of hydrogen-bond donors (Lipinski definition) is 1. The molecule has 1 aromatic heterocycles. The van der Waals surface area contributed by atoms with E-state index >= 15 is 0 Å². The SMILES string of the molecule is CCCC(CCCc1ncnn1CC)NC. The average Bonchev–Trinajstić information content (AvgIpc) is 2.75. The zero-order valence-corrected chi connectivity index (χ0v) is 10.7. The van der Waals surface area contributed by atoms with Crippen LogP contribution in [0.5, 0.6) is 0 Å². The molecule has 0 fully saturated rings. The lowest BCUT2D eigenvalue weighted by molar-refractivity contribution is 0.463. The summed E-state index contributed by atoms with van der Waals surface area (Å²) in [5, 5.41) is 7.55. The molecule has 0 aliphatic heterocycles. The van der Waals surface area contributed by atoms with Crippen molar-refractivity contribution in [3.8, 4) is 0 Å². The normalized spacial score (nSPS) is 12.9. The highest BCUT2D eigenvalue weighted by atomic mass is 15.3. The Morgan fingerprint density at radius 1 is 1.38 bits per heavy atom. The van der Waals surface area contributed by atoms with Crippen LogP contribution in [0.3, 0.4) is 0 Å². The first-order valence-corrected chi connectivity index (χ1v) is 6.35. The van der Waals surface area contributed by atoms with Crippen LogP contribution in [0.1, 0.15) is 45.4 Å². The summed E-state index contributed by atoms with van der Waals surface area (Å²) in [5.41, 5.74) is 0. The molecule has 0 amide bonds. The van der Waals surface area contributed by atoms with Gasteiger partial charge in [0.1, 0.15) is 12.2 Å². The van der Waals surface area contributed by atoms with E-state index in [1.807, 2.05) is 4.68 Å². The Morgan fingerprint density at radius 2 is 2.19 bits per heavy atom. The van der Waals surface area contributed by atoms with Crippen LogP contribution in [0.25, 0.3) is 0 Å². The van der Waals surface area contributed by atoms with Crippen LogP contribution >= 0.6 is 0 Å². The first-order chi connectivity index (χ1) is 7.81. The van der Waals surface area contributed by atoms with Crippen LogP contribution in [0.4, 0.5) is 0 Å². The molecule has 1 atom stereocenters.